The summed E-state index contributed by atoms with van der Waals surface area (Å²) in [5.41, 5.74) is 3.39. The molecule has 0 saturated heterocycles. The highest BCUT2D eigenvalue weighted by Gasteiger charge is 2.21. The SMILES string of the molecule is Cn1cc(CNc2ccc(C(=O)O)cc2)c(C(C)(C)C)n1. The summed E-state index contributed by atoms with van der Waals surface area (Å²) in [6.45, 7) is 7.08. The number of hydrogen-bond acceptors (Lipinski definition) is 3. The molecule has 2 rings (SSSR count). The van der Waals surface area contributed by atoms with Gasteiger partial charge in [-0.15, -0.1) is 0 Å². The van der Waals surface area contributed by atoms with Crippen molar-refractivity contribution in [3.63, 3.8) is 0 Å². The Balaban J connectivity index is 2.11. The molecule has 2 aromatic rings. The number of anilines is 1. The molecule has 1 aromatic carbocycles. The van der Waals surface area contributed by atoms with Gasteiger partial charge in [0.15, 0.2) is 0 Å². The van der Waals surface area contributed by atoms with Crippen molar-refractivity contribution in [2.45, 2.75) is 32.7 Å². The molecule has 0 saturated carbocycles. The molecule has 2 N–H and O–H groups in total. The Kier molecular flexibility index (Phi) is 4.02. The molecule has 0 aliphatic rings. The van der Waals surface area contributed by atoms with E-state index in [1.165, 1.54) is 0 Å². The topological polar surface area (TPSA) is 67.2 Å². The van der Waals surface area contributed by atoms with E-state index >= 15 is 0 Å². The van der Waals surface area contributed by atoms with Crippen LogP contribution in [0.3, 0.4) is 0 Å². The number of aromatic carboxylic acids is 1. The van der Waals surface area contributed by atoms with Gasteiger partial charge in [-0.3, -0.25) is 4.68 Å². The summed E-state index contributed by atoms with van der Waals surface area (Å²) in [5.74, 6) is -0.913. The van der Waals surface area contributed by atoms with Crippen LogP contribution >= 0.6 is 0 Å². The average Bonchev–Trinajstić information content (AvgIpc) is 2.78. The minimum atomic E-state index is -0.913. The molecule has 112 valence electrons. The number of aryl methyl sites for hydroxylation is 1. The summed E-state index contributed by atoms with van der Waals surface area (Å²) in [6.07, 6.45) is 2.01. The highest BCUT2D eigenvalue weighted by Crippen LogP contribution is 2.24. The maximum absolute atomic E-state index is 10.8. The zero-order valence-electron chi connectivity index (χ0n) is 12.8. The molecule has 5 nitrogen and oxygen atoms in total. The van der Waals surface area contributed by atoms with Crippen molar-refractivity contribution >= 4 is 11.7 Å². The summed E-state index contributed by atoms with van der Waals surface area (Å²) in [5, 5.41) is 16.7. The van der Waals surface area contributed by atoms with Crippen LogP contribution in [-0.4, -0.2) is 20.9 Å². The van der Waals surface area contributed by atoms with E-state index < -0.39 is 5.97 Å². The van der Waals surface area contributed by atoms with Crippen LogP contribution in [0.2, 0.25) is 0 Å². The molecular formula is C16H21N3O2. The zero-order chi connectivity index (χ0) is 15.6. The first-order chi connectivity index (χ1) is 9.77. The standard InChI is InChI=1S/C16H21N3O2/c1-16(2,3)14-12(10-19(4)18-14)9-17-13-7-5-11(6-8-13)15(20)21/h5-8,10,17H,9H2,1-4H3,(H,20,21). The minimum absolute atomic E-state index is 0.00849. The quantitative estimate of drug-likeness (QED) is 0.907. The van der Waals surface area contributed by atoms with Gasteiger partial charge < -0.3 is 10.4 Å². The van der Waals surface area contributed by atoms with Gasteiger partial charge in [0.05, 0.1) is 11.3 Å². The minimum Gasteiger partial charge on any atom is -0.478 e. The normalized spacial score (nSPS) is 11.4. The van der Waals surface area contributed by atoms with Crippen molar-refractivity contribution in [2.75, 3.05) is 5.32 Å². The fourth-order valence-electron chi connectivity index (χ4n) is 2.23. The van der Waals surface area contributed by atoms with Gasteiger partial charge in [0, 0.05) is 36.5 Å². The summed E-state index contributed by atoms with van der Waals surface area (Å²) < 4.78 is 1.82. The third-order valence-corrected chi connectivity index (χ3v) is 3.23. The van der Waals surface area contributed by atoms with E-state index in [1.54, 1.807) is 24.3 Å². The number of benzene rings is 1. The van der Waals surface area contributed by atoms with Crippen LogP contribution in [0.25, 0.3) is 0 Å². The van der Waals surface area contributed by atoms with E-state index in [1.807, 2.05) is 17.9 Å². The molecule has 0 radical (unpaired) electrons. The molecule has 0 aliphatic carbocycles. The maximum atomic E-state index is 10.8. The van der Waals surface area contributed by atoms with E-state index in [4.69, 9.17) is 5.11 Å². The first kappa shape index (κ1) is 15.1. The Morgan fingerprint density at radius 2 is 1.90 bits per heavy atom. The molecule has 1 heterocycles. The summed E-state index contributed by atoms with van der Waals surface area (Å²) in [6, 6.07) is 6.74. The third kappa shape index (κ3) is 3.62. The van der Waals surface area contributed by atoms with Gasteiger partial charge in [0.1, 0.15) is 0 Å². The van der Waals surface area contributed by atoms with Crippen molar-refractivity contribution in [3.05, 3.63) is 47.3 Å². The molecule has 0 bridgehead atoms. The van der Waals surface area contributed by atoms with E-state index in [0.29, 0.717) is 6.54 Å². The Morgan fingerprint density at radius 1 is 1.29 bits per heavy atom. The monoisotopic (exact) mass is 287 g/mol. The van der Waals surface area contributed by atoms with Gasteiger partial charge in [0.2, 0.25) is 0 Å². The lowest BCUT2D eigenvalue weighted by Crippen LogP contribution is -2.16. The van der Waals surface area contributed by atoms with E-state index in [0.717, 1.165) is 16.9 Å². The van der Waals surface area contributed by atoms with Crippen LogP contribution < -0.4 is 5.32 Å². The van der Waals surface area contributed by atoms with Crippen LogP contribution in [0.4, 0.5) is 5.69 Å². The Bertz CT molecular complexity index is 637. The maximum Gasteiger partial charge on any atom is 0.335 e. The number of carboxylic acids is 1. The number of hydrogen-bond donors (Lipinski definition) is 2. The van der Waals surface area contributed by atoms with Crippen LogP contribution in [0, 0.1) is 0 Å². The van der Waals surface area contributed by atoms with Gasteiger partial charge >= 0.3 is 5.97 Å². The first-order valence-electron chi connectivity index (χ1n) is 6.87. The van der Waals surface area contributed by atoms with E-state index in [9.17, 15) is 4.79 Å². The number of nitrogens with zero attached hydrogens (tertiary/aromatic N) is 2. The van der Waals surface area contributed by atoms with Gasteiger partial charge in [0.25, 0.3) is 0 Å². The molecule has 1 aromatic heterocycles. The number of carbonyl (C=O) groups is 1. The molecule has 0 aliphatic heterocycles. The van der Waals surface area contributed by atoms with Crippen LogP contribution in [0.1, 0.15) is 42.4 Å². The van der Waals surface area contributed by atoms with Gasteiger partial charge in [-0.05, 0) is 24.3 Å². The second-order valence-electron chi connectivity index (χ2n) is 6.16. The largest absolute Gasteiger partial charge is 0.478 e. The molecule has 0 spiro atoms. The predicted molar refractivity (Wildman–Crippen MR) is 82.6 cm³/mol. The zero-order valence-corrected chi connectivity index (χ0v) is 12.8. The summed E-state index contributed by atoms with van der Waals surface area (Å²) in [4.78, 5) is 10.8. The molecule has 5 heteroatoms. The second kappa shape index (κ2) is 5.60. The lowest BCUT2D eigenvalue weighted by molar-refractivity contribution is 0.0697. The highest BCUT2D eigenvalue weighted by molar-refractivity contribution is 5.87. The molecule has 0 unspecified atom stereocenters. The van der Waals surface area contributed by atoms with Crippen molar-refractivity contribution in [3.8, 4) is 0 Å². The molecule has 0 atom stereocenters. The first-order valence-corrected chi connectivity index (χ1v) is 6.87. The van der Waals surface area contributed by atoms with E-state index in [-0.39, 0.29) is 11.0 Å². The fourth-order valence-corrected chi connectivity index (χ4v) is 2.23. The van der Waals surface area contributed by atoms with Crippen molar-refractivity contribution in [2.24, 2.45) is 7.05 Å². The smallest absolute Gasteiger partial charge is 0.335 e. The van der Waals surface area contributed by atoms with E-state index in [2.05, 4.69) is 31.2 Å². The Morgan fingerprint density at radius 3 is 2.43 bits per heavy atom. The summed E-state index contributed by atoms with van der Waals surface area (Å²) >= 11 is 0. The number of nitrogens with one attached hydrogen (secondary N) is 1. The van der Waals surface area contributed by atoms with Gasteiger partial charge in [-0.1, -0.05) is 20.8 Å². The van der Waals surface area contributed by atoms with Crippen molar-refractivity contribution < 1.29 is 9.90 Å². The predicted octanol–water partition coefficient (Wildman–Crippen LogP) is 3.03. The number of rotatable bonds is 4. The Labute approximate surface area is 124 Å². The van der Waals surface area contributed by atoms with Crippen LogP contribution in [0.15, 0.2) is 30.5 Å². The third-order valence-electron chi connectivity index (χ3n) is 3.23. The number of carboxylic acid groups (broad SMARTS) is 1. The number of aromatic nitrogens is 2. The van der Waals surface area contributed by atoms with Crippen LogP contribution in [-0.2, 0) is 19.0 Å². The molecular weight excluding hydrogens is 266 g/mol. The van der Waals surface area contributed by atoms with Gasteiger partial charge in [-0.2, -0.15) is 5.10 Å². The molecule has 0 fully saturated rings. The highest BCUT2D eigenvalue weighted by atomic mass is 16.4. The summed E-state index contributed by atoms with van der Waals surface area (Å²) in [7, 11) is 1.92. The lowest BCUT2D eigenvalue weighted by atomic mass is 9.89. The van der Waals surface area contributed by atoms with Crippen molar-refractivity contribution in [1.29, 1.82) is 0 Å². The molecule has 0 amide bonds. The lowest BCUT2D eigenvalue weighted by Gasteiger charge is -2.18. The van der Waals surface area contributed by atoms with Crippen molar-refractivity contribution in [1.82, 2.24) is 9.78 Å². The average molecular weight is 287 g/mol. The molecule has 21 heavy (non-hydrogen) atoms. The van der Waals surface area contributed by atoms with Gasteiger partial charge in [-0.25, -0.2) is 4.79 Å². The Hall–Kier alpha value is -2.30. The second-order valence-corrected chi connectivity index (χ2v) is 6.16. The fraction of sp³-hybridized carbons (Fsp3) is 0.375. The van der Waals surface area contributed by atoms with Crippen LogP contribution in [0.5, 0.6) is 0 Å².